The molecule has 0 bridgehead atoms. The van der Waals surface area contributed by atoms with Gasteiger partial charge in [0.15, 0.2) is 8.32 Å². The first-order chi connectivity index (χ1) is 20.3. The second-order valence-corrected chi connectivity index (χ2v) is 17.6. The molecule has 2 aliphatic heterocycles. The lowest BCUT2D eigenvalue weighted by Gasteiger charge is -2.45. The van der Waals surface area contributed by atoms with E-state index in [0.29, 0.717) is 0 Å². The third-order valence-corrected chi connectivity index (χ3v) is 13.2. The molecule has 1 N–H and O–H groups in total. The third-order valence-electron chi connectivity index (χ3n) is 8.64. The van der Waals surface area contributed by atoms with Crippen LogP contribution in [0.1, 0.15) is 45.2 Å². The van der Waals surface area contributed by atoms with Crippen molar-refractivity contribution in [3.8, 4) is 0 Å². The molecule has 2 aromatic rings. The number of carbonyl (C=O) groups is 4. The Morgan fingerprint density at radius 3 is 1.77 bits per heavy atom. The van der Waals surface area contributed by atoms with Crippen LogP contribution in [0.5, 0.6) is 0 Å². The van der Waals surface area contributed by atoms with Crippen molar-refractivity contribution in [2.75, 3.05) is 13.1 Å². The molecule has 2 aliphatic rings. The molecule has 3 amide bonds. The van der Waals surface area contributed by atoms with Crippen LogP contribution in [-0.4, -0.2) is 67.4 Å². The highest BCUT2D eigenvalue weighted by atomic mass is 28.4. The summed E-state index contributed by atoms with van der Waals surface area (Å²) >= 11 is 0. The summed E-state index contributed by atoms with van der Waals surface area (Å²) in [6.45, 7) is 12.6. The van der Waals surface area contributed by atoms with Crippen molar-refractivity contribution in [3.63, 3.8) is 0 Å². The number of benzene rings is 2. The van der Waals surface area contributed by atoms with E-state index in [1.165, 1.54) is 0 Å². The number of ketones is 1. The Balaban J connectivity index is 1.41. The summed E-state index contributed by atoms with van der Waals surface area (Å²) < 4.78 is 17.4. The molecule has 3 atom stereocenters. The first-order valence-electron chi connectivity index (χ1n) is 14.7. The fourth-order valence-corrected chi connectivity index (χ4v) is 6.51. The van der Waals surface area contributed by atoms with Gasteiger partial charge < -0.3 is 19.2 Å². The fraction of sp³-hybridized carbons (Fsp3) is 0.500. The molecule has 10 nitrogen and oxygen atoms in total. The monoisotopic (exact) mass is 609 g/mol. The summed E-state index contributed by atoms with van der Waals surface area (Å²) in [5, 5.41) is 5.12. The lowest BCUT2D eigenvalue weighted by Crippen LogP contribution is -2.64. The lowest BCUT2D eigenvalue weighted by molar-refractivity contribution is -0.141. The Morgan fingerprint density at radius 1 is 0.884 bits per heavy atom. The average Bonchev–Trinajstić information content (AvgIpc) is 3.40. The van der Waals surface area contributed by atoms with Gasteiger partial charge in [-0.25, -0.2) is 19.6 Å². The average molecular weight is 610 g/mol. The quantitative estimate of drug-likeness (QED) is 0.287. The molecule has 0 aliphatic carbocycles. The molecule has 2 heterocycles. The van der Waals surface area contributed by atoms with Gasteiger partial charge in [0, 0.05) is 12.5 Å². The summed E-state index contributed by atoms with van der Waals surface area (Å²) in [7, 11) is -2.13. The van der Waals surface area contributed by atoms with Gasteiger partial charge in [-0.2, -0.15) is 0 Å². The van der Waals surface area contributed by atoms with E-state index in [1.54, 1.807) is 0 Å². The molecular formula is C32H43N3O7Si. The Morgan fingerprint density at radius 2 is 1.35 bits per heavy atom. The van der Waals surface area contributed by atoms with Crippen LogP contribution in [0.3, 0.4) is 0 Å². The molecule has 0 spiro atoms. The molecule has 4 rings (SSSR count). The minimum Gasteiger partial charge on any atom is -0.443 e. The Bertz CT molecular complexity index is 1240. The Kier molecular flexibility index (Phi) is 9.96. The van der Waals surface area contributed by atoms with Gasteiger partial charge in [-0.1, -0.05) is 81.4 Å². The number of nitrogens with one attached hydrogen (secondary N) is 1. The SMILES string of the molecule is C[C@@H](O[Si](C)(C)C(C)(C)C)[C@H]1C(=O)N[C@@H]1CC(=O)C1CN(C(=O)OCc2ccccc2)N(C(=O)OCc2ccccc2)C1. The number of ether oxygens (including phenoxy) is 2. The van der Waals surface area contributed by atoms with Gasteiger partial charge in [0.1, 0.15) is 19.0 Å². The molecule has 11 heteroatoms. The van der Waals surface area contributed by atoms with Crippen molar-refractivity contribution in [1.82, 2.24) is 15.3 Å². The number of hydrogen-bond acceptors (Lipinski definition) is 7. The molecule has 2 aromatic carbocycles. The topological polar surface area (TPSA) is 114 Å². The smallest absolute Gasteiger partial charge is 0.429 e. The zero-order valence-electron chi connectivity index (χ0n) is 25.9. The van der Waals surface area contributed by atoms with Gasteiger partial charge in [-0.15, -0.1) is 0 Å². The second kappa shape index (κ2) is 13.3. The van der Waals surface area contributed by atoms with E-state index in [-0.39, 0.29) is 61.6 Å². The first kappa shape index (κ1) is 32.2. The number of carbonyl (C=O) groups excluding carboxylic acids is 4. The molecular weight excluding hydrogens is 566 g/mol. The van der Waals surface area contributed by atoms with Crippen molar-refractivity contribution in [2.45, 2.75) is 77.6 Å². The minimum absolute atomic E-state index is 0.0175. The first-order valence-corrected chi connectivity index (χ1v) is 17.6. The maximum atomic E-state index is 13.5. The van der Waals surface area contributed by atoms with Crippen molar-refractivity contribution < 1.29 is 33.1 Å². The summed E-state index contributed by atoms with van der Waals surface area (Å²) in [6, 6.07) is 18.0. The van der Waals surface area contributed by atoms with Gasteiger partial charge in [-0.3, -0.25) is 9.59 Å². The Hall–Kier alpha value is -3.70. The third kappa shape index (κ3) is 7.83. The molecule has 2 saturated heterocycles. The minimum atomic E-state index is -2.13. The number of hydrazine groups is 1. The number of Topliss-reactive ketones (excluding diaryl/α,β-unsaturated/α-hetero) is 1. The highest BCUT2D eigenvalue weighted by molar-refractivity contribution is 6.74. The van der Waals surface area contributed by atoms with Crippen molar-refractivity contribution in [3.05, 3.63) is 71.8 Å². The van der Waals surface area contributed by atoms with Gasteiger partial charge in [0.2, 0.25) is 5.91 Å². The number of rotatable bonds is 10. The van der Waals surface area contributed by atoms with Crippen LogP contribution < -0.4 is 5.32 Å². The van der Waals surface area contributed by atoms with E-state index in [0.717, 1.165) is 21.1 Å². The molecule has 0 radical (unpaired) electrons. The maximum absolute atomic E-state index is 13.5. The summed E-state index contributed by atoms with van der Waals surface area (Å²) in [4.78, 5) is 52.4. The molecule has 232 valence electrons. The highest BCUT2D eigenvalue weighted by Crippen LogP contribution is 2.39. The summed E-state index contributed by atoms with van der Waals surface area (Å²) in [5.41, 5.74) is 1.59. The van der Waals surface area contributed by atoms with E-state index < -0.39 is 32.3 Å². The van der Waals surface area contributed by atoms with Crippen LogP contribution in [0.25, 0.3) is 0 Å². The van der Waals surface area contributed by atoms with Crippen molar-refractivity contribution in [1.29, 1.82) is 0 Å². The fourth-order valence-electron chi connectivity index (χ4n) is 5.08. The lowest BCUT2D eigenvalue weighted by atomic mass is 9.81. The molecule has 0 saturated carbocycles. The van der Waals surface area contributed by atoms with E-state index in [2.05, 4.69) is 39.2 Å². The van der Waals surface area contributed by atoms with Crippen LogP contribution in [0.2, 0.25) is 18.1 Å². The van der Waals surface area contributed by atoms with Crippen LogP contribution in [0.4, 0.5) is 9.59 Å². The van der Waals surface area contributed by atoms with Gasteiger partial charge in [0.25, 0.3) is 0 Å². The summed E-state index contributed by atoms with van der Waals surface area (Å²) in [5.74, 6) is -1.40. The van der Waals surface area contributed by atoms with E-state index in [1.807, 2.05) is 67.6 Å². The maximum Gasteiger partial charge on any atom is 0.429 e. The number of β-lactam (4-membered cyclic amide) rings is 1. The molecule has 43 heavy (non-hydrogen) atoms. The largest absolute Gasteiger partial charge is 0.443 e. The van der Waals surface area contributed by atoms with Gasteiger partial charge >= 0.3 is 12.2 Å². The highest BCUT2D eigenvalue weighted by Gasteiger charge is 2.49. The van der Waals surface area contributed by atoms with Crippen LogP contribution >= 0.6 is 0 Å². The van der Waals surface area contributed by atoms with Gasteiger partial charge in [-0.05, 0) is 36.2 Å². The molecule has 0 aromatic heterocycles. The number of amides is 3. The van der Waals surface area contributed by atoms with Crippen molar-refractivity contribution in [2.24, 2.45) is 11.8 Å². The molecule has 0 unspecified atom stereocenters. The van der Waals surface area contributed by atoms with Crippen LogP contribution in [0, 0.1) is 11.8 Å². The van der Waals surface area contributed by atoms with Crippen LogP contribution in [-0.2, 0) is 36.7 Å². The summed E-state index contributed by atoms with van der Waals surface area (Å²) in [6.07, 6.45) is -1.76. The number of nitrogens with zero attached hydrogens (tertiary/aromatic N) is 2. The zero-order valence-corrected chi connectivity index (χ0v) is 26.9. The predicted octanol–water partition coefficient (Wildman–Crippen LogP) is 5.29. The van der Waals surface area contributed by atoms with E-state index >= 15 is 0 Å². The van der Waals surface area contributed by atoms with Gasteiger partial charge in [0.05, 0.1) is 31.0 Å². The van der Waals surface area contributed by atoms with Crippen molar-refractivity contribution >= 4 is 32.2 Å². The standard InChI is InChI=1S/C32H43N3O7Si/c1-22(42-43(5,6)32(2,3)4)28-26(33-29(28)37)17-27(36)25-18-34(30(38)40-20-23-13-9-7-10-14-23)35(19-25)31(39)41-21-24-15-11-8-12-16-24/h7-16,22,25-26,28H,17-21H2,1-6H3,(H,33,37)/t22-,26-,28-/m1/s1. The van der Waals surface area contributed by atoms with Crippen LogP contribution in [0.15, 0.2) is 60.7 Å². The second-order valence-electron chi connectivity index (χ2n) is 12.8. The Labute approximate surface area is 254 Å². The van der Waals surface area contributed by atoms with E-state index in [4.69, 9.17) is 13.9 Å². The predicted molar refractivity (Wildman–Crippen MR) is 163 cm³/mol. The van der Waals surface area contributed by atoms with E-state index in [9.17, 15) is 19.2 Å². The zero-order chi connectivity index (χ0) is 31.4. The molecule has 2 fully saturated rings. The number of hydrogen-bond donors (Lipinski definition) is 1. The normalized spacial score (nSPS) is 19.8.